The molecule has 8 nitrogen and oxygen atoms in total. The number of pyridine rings is 1. The van der Waals surface area contributed by atoms with E-state index in [0.717, 1.165) is 0 Å². The Hall–Kier alpha value is -3.29. The van der Waals surface area contributed by atoms with E-state index in [4.69, 9.17) is 14.2 Å². The van der Waals surface area contributed by atoms with Crippen molar-refractivity contribution in [3.8, 4) is 28.6 Å². The molecule has 0 bridgehead atoms. The van der Waals surface area contributed by atoms with Gasteiger partial charge in [-0.2, -0.15) is 0 Å². The molecule has 0 aliphatic carbocycles. The Kier molecular flexibility index (Phi) is 3.95. The van der Waals surface area contributed by atoms with Crippen LogP contribution in [0.2, 0.25) is 0 Å². The van der Waals surface area contributed by atoms with E-state index >= 15 is 0 Å². The first kappa shape index (κ1) is 15.6. The van der Waals surface area contributed by atoms with Gasteiger partial charge in [-0.25, -0.2) is 4.79 Å². The van der Waals surface area contributed by atoms with Crippen molar-refractivity contribution in [2.45, 2.75) is 0 Å². The maximum absolute atomic E-state index is 11.3. The lowest BCUT2D eigenvalue weighted by atomic mass is 10.1. The molecule has 0 radical (unpaired) electrons. The summed E-state index contributed by atoms with van der Waals surface area (Å²) in [6.07, 6.45) is 1.69. The zero-order valence-electron chi connectivity index (χ0n) is 13.3. The molecule has 1 aromatic carbocycles. The number of carboxylic acid groups (broad SMARTS) is 1. The molecule has 0 saturated carbocycles. The molecule has 0 spiro atoms. The number of aromatic nitrogens is 3. The molecular formula is C16H15N3O5. The van der Waals surface area contributed by atoms with Gasteiger partial charge in [-0.15, -0.1) is 10.2 Å². The SMILES string of the molecule is COc1cc(-c2nnc3c(C(=O)O)cccn23)cc(OC)c1OC. The van der Waals surface area contributed by atoms with Crippen molar-refractivity contribution < 1.29 is 24.1 Å². The molecule has 3 rings (SSSR count). The first-order valence-electron chi connectivity index (χ1n) is 6.98. The van der Waals surface area contributed by atoms with Crippen LogP contribution >= 0.6 is 0 Å². The average Bonchev–Trinajstić information content (AvgIpc) is 3.04. The smallest absolute Gasteiger partial charge is 0.339 e. The Labute approximate surface area is 137 Å². The van der Waals surface area contributed by atoms with Crippen LogP contribution < -0.4 is 14.2 Å². The average molecular weight is 329 g/mol. The summed E-state index contributed by atoms with van der Waals surface area (Å²) in [5, 5.41) is 17.4. The Bertz CT molecular complexity index is 894. The predicted molar refractivity (Wildman–Crippen MR) is 85.0 cm³/mol. The van der Waals surface area contributed by atoms with E-state index in [9.17, 15) is 9.90 Å². The highest BCUT2D eigenvalue weighted by Gasteiger charge is 2.19. The molecule has 0 aliphatic rings. The van der Waals surface area contributed by atoms with Gasteiger partial charge in [-0.1, -0.05) is 0 Å². The molecule has 24 heavy (non-hydrogen) atoms. The molecule has 0 atom stereocenters. The fourth-order valence-corrected chi connectivity index (χ4v) is 2.49. The first-order valence-corrected chi connectivity index (χ1v) is 6.98. The van der Waals surface area contributed by atoms with E-state index in [1.54, 1.807) is 28.8 Å². The number of hydrogen-bond donors (Lipinski definition) is 1. The van der Waals surface area contributed by atoms with E-state index in [-0.39, 0.29) is 11.2 Å². The zero-order valence-corrected chi connectivity index (χ0v) is 13.3. The third-order valence-corrected chi connectivity index (χ3v) is 3.59. The molecule has 0 unspecified atom stereocenters. The van der Waals surface area contributed by atoms with Crippen LogP contribution in [-0.4, -0.2) is 47.0 Å². The summed E-state index contributed by atoms with van der Waals surface area (Å²) in [5.74, 6) is 0.802. The number of carboxylic acids is 1. The van der Waals surface area contributed by atoms with Gasteiger partial charge in [0.15, 0.2) is 23.0 Å². The third kappa shape index (κ3) is 2.37. The van der Waals surface area contributed by atoms with Gasteiger partial charge in [0, 0.05) is 11.8 Å². The summed E-state index contributed by atoms with van der Waals surface area (Å²) >= 11 is 0. The van der Waals surface area contributed by atoms with E-state index < -0.39 is 5.97 Å². The largest absolute Gasteiger partial charge is 0.493 e. The summed E-state index contributed by atoms with van der Waals surface area (Å²) in [6, 6.07) is 6.56. The van der Waals surface area contributed by atoms with Gasteiger partial charge in [0.1, 0.15) is 5.56 Å². The predicted octanol–water partition coefficient (Wildman–Crippen LogP) is 2.12. The molecule has 0 amide bonds. The lowest BCUT2D eigenvalue weighted by Crippen LogP contribution is -2.01. The molecule has 2 aromatic heterocycles. The van der Waals surface area contributed by atoms with Gasteiger partial charge < -0.3 is 19.3 Å². The second kappa shape index (κ2) is 6.07. The van der Waals surface area contributed by atoms with Crippen LogP contribution in [0.4, 0.5) is 0 Å². The molecule has 1 N–H and O–H groups in total. The van der Waals surface area contributed by atoms with Crippen LogP contribution in [0.1, 0.15) is 10.4 Å². The monoisotopic (exact) mass is 329 g/mol. The molecule has 124 valence electrons. The number of rotatable bonds is 5. The zero-order chi connectivity index (χ0) is 17.3. The van der Waals surface area contributed by atoms with Gasteiger partial charge in [-0.3, -0.25) is 4.40 Å². The number of aromatic carboxylic acids is 1. The Balaban J connectivity index is 2.25. The van der Waals surface area contributed by atoms with Crippen molar-refractivity contribution in [1.29, 1.82) is 0 Å². The maximum atomic E-state index is 11.3. The number of methoxy groups -OCH3 is 3. The second-order valence-corrected chi connectivity index (χ2v) is 4.86. The normalized spacial score (nSPS) is 10.6. The van der Waals surface area contributed by atoms with Gasteiger partial charge in [0.25, 0.3) is 0 Å². The summed E-state index contributed by atoms with van der Waals surface area (Å²) < 4.78 is 17.6. The Morgan fingerprint density at radius 2 is 1.75 bits per heavy atom. The molecule has 3 aromatic rings. The number of benzene rings is 1. The van der Waals surface area contributed by atoms with Crippen molar-refractivity contribution in [2.24, 2.45) is 0 Å². The molecule has 2 heterocycles. The quantitative estimate of drug-likeness (QED) is 0.766. The van der Waals surface area contributed by atoms with Gasteiger partial charge in [0.05, 0.1) is 21.3 Å². The molecule has 0 fully saturated rings. The highest BCUT2D eigenvalue weighted by Crippen LogP contribution is 2.40. The summed E-state index contributed by atoms with van der Waals surface area (Å²) in [4.78, 5) is 11.3. The Morgan fingerprint density at radius 3 is 2.29 bits per heavy atom. The van der Waals surface area contributed by atoms with E-state index in [2.05, 4.69) is 10.2 Å². The minimum absolute atomic E-state index is 0.0729. The number of hydrogen-bond acceptors (Lipinski definition) is 6. The van der Waals surface area contributed by atoms with Crippen LogP contribution in [0, 0.1) is 0 Å². The van der Waals surface area contributed by atoms with Crippen molar-refractivity contribution in [3.05, 3.63) is 36.0 Å². The van der Waals surface area contributed by atoms with Crippen LogP contribution in [0.15, 0.2) is 30.5 Å². The lowest BCUT2D eigenvalue weighted by molar-refractivity contribution is 0.0698. The minimum Gasteiger partial charge on any atom is -0.493 e. The standard InChI is InChI=1S/C16H15N3O5/c1-22-11-7-9(8-12(23-2)13(11)24-3)14-17-18-15-10(16(20)21)5-4-6-19(14)15/h4-8H,1-3H3,(H,20,21). The fourth-order valence-electron chi connectivity index (χ4n) is 2.49. The number of fused-ring (bicyclic) bond motifs is 1. The highest BCUT2D eigenvalue weighted by atomic mass is 16.5. The van der Waals surface area contributed by atoms with E-state index in [1.165, 1.54) is 27.4 Å². The summed E-state index contributed by atoms with van der Waals surface area (Å²) in [6.45, 7) is 0. The number of nitrogens with zero attached hydrogens (tertiary/aromatic N) is 3. The first-order chi connectivity index (χ1) is 11.6. The van der Waals surface area contributed by atoms with Crippen LogP contribution in [0.5, 0.6) is 17.2 Å². The van der Waals surface area contributed by atoms with Crippen LogP contribution in [0.3, 0.4) is 0 Å². The lowest BCUT2D eigenvalue weighted by Gasteiger charge is -2.13. The van der Waals surface area contributed by atoms with Crippen molar-refractivity contribution in [1.82, 2.24) is 14.6 Å². The Morgan fingerprint density at radius 1 is 1.08 bits per heavy atom. The van der Waals surface area contributed by atoms with E-state index in [1.807, 2.05) is 0 Å². The highest BCUT2D eigenvalue weighted by molar-refractivity contribution is 5.94. The van der Waals surface area contributed by atoms with Crippen molar-refractivity contribution >= 4 is 11.6 Å². The van der Waals surface area contributed by atoms with E-state index in [0.29, 0.717) is 28.6 Å². The second-order valence-electron chi connectivity index (χ2n) is 4.86. The summed E-state index contributed by atoms with van der Waals surface area (Å²) in [5.41, 5.74) is 0.983. The fraction of sp³-hybridized carbons (Fsp3) is 0.188. The minimum atomic E-state index is -1.07. The van der Waals surface area contributed by atoms with Gasteiger partial charge >= 0.3 is 5.97 Å². The van der Waals surface area contributed by atoms with Crippen molar-refractivity contribution in [3.63, 3.8) is 0 Å². The summed E-state index contributed by atoms with van der Waals surface area (Å²) in [7, 11) is 4.56. The third-order valence-electron chi connectivity index (χ3n) is 3.59. The molecular weight excluding hydrogens is 314 g/mol. The van der Waals surface area contributed by atoms with Crippen LogP contribution in [0.25, 0.3) is 17.0 Å². The molecule has 0 saturated heterocycles. The van der Waals surface area contributed by atoms with Gasteiger partial charge in [0.2, 0.25) is 5.75 Å². The topological polar surface area (TPSA) is 95.2 Å². The van der Waals surface area contributed by atoms with Crippen molar-refractivity contribution in [2.75, 3.05) is 21.3 Å². The molecule has 0 aliphatic heterocycles. The van der Waals surface area contributed by atoms with Crippen LogP contribution in [-0.2, 0) is 0 Å². The maximum Gasteiger partial charge on any atom is 0.339 e. The van der Waals surface area contributed by atoms with Gasteiger partial charge in [-0.05, 0) is 24.3 Å². The number of carbonyl (C=O) groups is 1. The molecule has 8 heteroatoms. The number of ether oxygens (including phenoxy) is 3.